The topological polar surface area (TPSA) is 41.1 Å². The van der Waals surface area contributed by atoms with Crippen molar-refractivity contribution >= 4 is 28.5 Å². The van der Waals surface area contributed by atoms with Crippen LogP contribution in [0.1, 0.15) is 28.8 Å². The largest absolute Gasteiger partial charge is 0.352 e. The van der Waals surface area contributed by atoms with Crippen molar-refractivity contribution in [3.8, 4) is 0 Å². The lowest BCUT2D eigenvalue weighted by molar-refractivity contribution is 0.0951. The number of carbonyl (C=O) groups is 1. The molecule has 1 heterocycles. The van der Waals surface area contributed by atoms with Crippen LogP contribution in [0.15, 0.2) is 18.2 Å². The summed E-state index contributed by atoms with van der Waals surface area (Å²) in [6.07, 6.45) is 2.31. The molecule has 0 spiro atoms. The summed E-state index contributed by atoms with van der Waals surface area (Å²) >= 11 is 2.26. The van der Waals surface area contributed by atoms with E-state index in [2.05, 4.69) is 40.1 Å². The van der Waals surface area contributed by atoms with Crippen LogP contribution in [0.2, 0.25) is 0 Å². The standard InChI is InChI=1S/C14H19IN2O/c1-10-2-3-12(8-13(10)15)14(18)17-7-5-11-4-6-16-9-11/h2-3,8,11,16H,4-7,9H2,1H3,(H,17,18). The number of nitrogens with one attached hydrogen (secondary N) is 2. The van der Waals surface area contributed by atoms with Gasteiger partial charge < -0.3 is 10.6 Å². The number of hydrogen-bond acceptors (Lipinski definition) is 2. The van der Waals surface area contributed by atoms with Gasteiger partial charge in [0.25, 0.3) is 5.91 Å². The minimum absolute atomic E-state index is 0.0406. The molecule has 1 unspecified atom stereocenters. The number of halogens is 1. The van der Waals surface area contributed by atoms with Crippen molar-refractivity contribution in [2.45, 2.75) is 19.8 Å². The smallest absolute Gasteiger partial charge is 0.251 e. The van der Waals surface area contributed by atoms with Gasteiger partial charge in [0.1, 0.15) is 0 Å². The monoisotopic (exact) mass is 358 g/mol. The molecule has 1 aromatic rings. The predicted octanol–water partition coefficient (Wildman–Crippen LogP) is 2.33. The van der Waals surface area contributed by atoms with Gasteiger partial charge in [-0.25, -0.2) is 0 Å². The first-order valence-corrected chi connectivity index (χ1v) is 7.50. The van der Waals surface area contributed by atoms with E-state index < -0.39 is 0 Å². The Balaban J connectivity index is 1.81. The molecule has 2 rings (SSSR count). The second-order valence-electron chi connectivity index (χ2n) is 4.87. The summed E-state index contributed by atoms with van der Waals surface area (Å²) in [5.74, 6) is 0.766. The molecule has 0 aromatic heterocycles. The van der Waals surface area contributed by atoms with E-state index in [1.165, 1.54) is 12.0 Å². The zero-order valence-electron chi connectivity index (χ0n) is 10.6. The highest BCUT2D eigenvalue weighted by Crippen LogP contribution is 2.14. The van der Waals surface area contributed by atoms with Crippen LogP contribution in [0.3, 0.4) is 0 Å². The Bertz CT molecular complexity index is 428. The number of hydrogen-bond donors (Lipinski definition) is 2. The van der Waals surface area contributed by atoms with Crippen molar-refractivity contribution in [3.63, 3.8) is 0 Å². The van der Waals surface area contributed by atoms with Gasteiger partial charge in [-0.05, 0) is 79.1 Å². The van der Waals surface area contributed by atoms with Crippen molar-refractivity contribution in [2.75, 3.05) is 19.6 Å². The molecule has 1 aromatic carbocycles. The third kappa shape index (κ3) is 3.68. The molecule has 1 atom stereocenters. The van der Waals surface area contributed by atoms with E-state index in [-0.39, 0.29) is 5.91 Å². The molecule has 1 fully saturated rings. The Morgan fingerprint density at radius 2 is 2.39 bits per heavy atom. The second-order valence-corrected chi connectivity index (χ2v) is 6.03. The van der Waals surface area contributed by atoms with Crippen LogP contribution in [-0.4, -0.2) is 25.5 Å². The van der Waals surface area contributed by atoms with Crippen LogP contribution in [0, 0.1) is 16.4 Å². The lowest BCUT2D eigenvalue weighted by Gasteiger charge is -2.10. The average Bonchev–Trinajstić information content (AvgIpc) is 2.85. The highest BCUT2D eigenvalue weighted by atomic mass is 127. The Labute approximate surface area is 122 Å². The fourth-order valence-corrected chi connectivity index (χ4v) is 2.70. The molecule has 1 saturated heterocycles. The molecule has 0 aliphatic carbocycles. The van der Waals surface area contributed by atoms with E-state index in [1.807, 2.05) is 18.2 Å². The maximum Gasteiger partial charge on any atom is 0.251 e. The van der Waals surface area contributed by atoms with Crippen molar-refractivity contribution in [2.24, 2.45) is 5.92 Å². The van der Waals surface area contributed by atoms with Gasteiger partial charge in [-0.15, -0.1) is 0 Å². The summed E-state index contributed by atoms with van der Waals surface area (Å²) < 4.78 is 1.14. The molecule has 0 saturated carbocycles. The maximum atomic E-state index is 12.0. The highest BCUT2D eigenvalue weighted by Gasteiger charge is 2.14. The van der Waals surface area contributed by atoms with E-state index in [0.29, 0.717) is 0 Å². The van der Waals surface area contributed by atoms with Crippen molar-refractivity contribution in [1.29, 1.82) is 0 Å². The lowest BCUT2D eigenvalue weighted by Crippen LogP contribution is -2.26. The third-order valence-corrected chi connectivity index (χ3v) is 4.60. The molecule has 2 N–H and O–H groups in total. The number of benzene rings is 1. The molecule has 18 heavy (non-hydrogen) atoms. The number of amides is 1. The Kier molecular flexibility index (Phi) is 5.00. The van der Waals surface area contributed by atoms with Crippen molar-refractivity contribution in [3.05, 3.63) is 32.9 Å². The van der Waals surface area contributed by atoms with E-state index in [9.17, 15) is 4.79 Å². The first-order chi connectivity index (χ1) is 8.66. The number of carbonyl (C=O) groups excluding carboxylic acids is 1. The molecule has 0 radical (unpaired) electrons. The van der Waals surface area contributed by atoms with E-state index in [1.54, 1.807) is 0 Å². The molecule has 1 aliphatic heterocycles. The first-order valence-electron chi connectivity index (χ1n) is 6.42. The fourth-order valence-electron chi connectivity index (χ4n) is 2.19. The van der Waals surface area contributed by atoms with Gasteiger partial charge in [0.2, 0.25) is 0 Å². The lowest BCUT2D eigenvalue weighted by atomic mass is 10.1. The molecular weight excluding hydrogens is 339 g/mol. The van der Waals surface area contributed by atoms with Gasteiger partial charge in [-0.3, -0.25) is 4.79 Å². The summed E-state index contributed by atoms with van der Waals surface area (Å²) in [4.78, 5) is 12.0. The van der Waals surface area contributed by atoms with Gasteiger partial charge >= 0.3 is 0 Å². The Hall–Kier alpha value is -0.620. The van der Waals surface area contributed by atoms with E-state index in [4.69, 9.17) is 0 Å². The van der Waals surface area contributed by atoms with Crippen LogP contribution >= 0.6 is 22.6 Å². The molecule has 1 amide bonds. The molecular formula is C14H19IN2O. The second kappa shape index (κ2) is 6.52. The molecule has 98 valence electrons. The third-order valence-electron chi connectivity index (χ3n) is 3.43. The molecule has 0 bridgehead atoms. The quantitative estimate of drug-likeness (QED) is 0.812. The first kappa shape index (κ1) is 13.8. The normalized spacial score (nSPS) is 18.9. The maximum absolute atomic E-state index is 12.0. The summed E-state index contributed by atoms with van der Waals surface area (Å²) in [5, 5.41) is 6.34. The van der Waals surface area contributed by atoms with Crippen LogP contribution in [0.25, 0.3) is 0 Å². The van der Waals surface area contributed by atoms with E-state index >= 15 is 0 Å². The molecule has 3 nitrogen and oxygen atoms in total. The van der Waals surface area contributed by atoms with Crippen molar-refractivity contribution < 1.29 is 4.79 Å². The van der Waals surface area contributed by atoms with Crippen LogP contribution < -0.4 is 10.6 Å². The van der Waals surface area contributed by atoms with E-state index in [0.717, 1.165) is 41.1 Å². The minimum atomic E-state index is 0.0406. The summed E-state index contributed by atoms with van der Waals surface area (Å²) in [7, 11) is 0. The number of aryl methyl sites for hydroxylation is 1. The van der Waals surface area contributed by atoms with Gasteiger partial charge in [-0.1, -0.05) is 6.07 Å². The zero-order valence-corrected chi connectivity index (χ0v) is 12.8. The zero-order chi connectivity index (χ0) is 13.0. The number of rotatable bonds is 4. The Morgan fingerprint density at radius 1 is 1.56 bits per heavy atom. The van der Waals surface area contributed by atoms with Gasteiger partial charge in [-0.2, -0.15) is 0 Å². The summed E-state index contributed by atoms with van der Waals surface area (Å²) in [6, 6.07) is 5.84. The predicted molar refractivity (Wildman–Crippen MR) is 81.8 cm³/mol. The molecule has 1 aliphatic rings. The van der Waals surface area contributed by atoms with Crippen molar-refractivity contribution in [1.82, 2.24) is 10.6 Å². The van der Waals surface area contributed by atoms with Crippen LogP contribution in [0.4, 0.5) is 0 Å². The van der Waals surface area contributed by atoms with Crippen LogP contribution in [0.5, 0.6) is 0 Å². The van der Waals surface area contributed by atoms with Gasteiger partial charge in [0, 0.05) is 15.7 Å². The molecule has 4 heteroatoms. The highest BCUT2D eigenvalue weighted by molar-refractivity contribution is 14.1. The SMILES string of the molecule is Cc1ccc(C(=O)NCCC2CCNC2)cc1I. The average molecular weight is 358 g/mol. The summed E-state index contributed by atoms with van der Waals surface area (Å²) in [6.45, 7) is 5.04. The van der Waals surface area contributed by atoms with Gasteiger partial charge in [0.05, 0.1) is 0 Å². The van der Waals surface area contributed by atoms with Gasteiger partial charge in [0.15, 0.2) is 0 Å². The minimum Gasteiger partial charge on any atom is -0.352 e. The Morgan fingerprint density at radius 3 is 3.06 bits per heavy atom. The fraction of sp³-hybridized carbons (Fsp3) is 0.500. The van der Waals surface area contributed by atoms with Crippen LogP contribution in [-0.2, 0) is 0 Å². The summed E-state index contributed by atoms with van der Waals surface area (Å²) in [5.41, 5.74) is 1.97.